The van der Waals surface area contributed by atoms with Gasteiger partial charge in [0.15, 0.2) is 5.76 Å². The van der Waals surface area contributed by atoms with Gasteiger partial charge in [-0.15, -0.1) is 0 Å². The van der Waals surface area contributed by atoms with Gasteiger partial charge in [-0.3, -0.25) is 4.79 Å². The van der Waals surface area contributed by atoms with Gasteiger partial charge in [-0.2, -0.15) is 13.9 Å². The van der Waals surface area contributed by atoms with E-state index in [0.717, 1.165) is 0 Å². The molecule has 0 unspecified atom stereocenters. The molecular formula is C15H14F2N2O3. The number of rotatable bonds is 5. The molecule has 2 aromatic rings. The zero-order chi connectivity index (χ0) is 16.1. The Kier molecular flexibility index (Phi) is 4.88. The minimum absolute atomic E-state index is 0.144. The molecule has 0 saturated heterocycles. The summed E-state index contributed by atoms with van der Waals surface area (Å²) in [6, 6.07) is 6.36. The summed E-state index contributed by atoms with van der Waals surface area (Å²) in [4.78, 5) is 11.6. The minimum Gasteiger partial charge on any atom is -0.459 e. The Bertz CT molecular complexity index is 659. The van der Waals surface area contributed by atoms with E-state index in [-0.39, 0.29) is 11.5 Å². The molecule has 1 amide bonds. The van der Waals surface area contributed by atoms with E-state index < -0.39 is 12.5 Å². The molecule has 7 heteroatoms. The monoisotopic (exact) mass is 308 g/mol. The van der Waals surface area contributed by atoms with Crippen molar-refractivity contribution in [1.82, 2.24) is 5.43 Å². The van der Waals surface area contributed by atoms with Gasteiger partial charge in [-0.25, -0.2) is 5.43 Å². The van der Waals surface area contributed by atoms with E-state index in [4.69, 9.17) is 4.42 Å². The molecule has 1 aromatic heterocycles. The molecule has 0 bridgehead atoms. The maximum absolute atomic E-state index is 12.3. The van der Waals surface area contributed by atoms with Crippen LogP contribution in [0, 0.1) is 13.8 Å². The zero-order valence-corrected chi connectivity index (χ0v) is 12.0. The first-order valence-electron chi connectivity index (χ1n) is 6.40. The number of hydrazone groups is 1. The summed E-state index contributed by atoms with van der Waals surface area (Å²) in [6.07, 6.45) is 2.79. The van der Waals surface area contributed by atoms with Gasteiger partial charge in [0.05, 0.1) is 12.5 Å². The van der Waals surface area contributed by atoms with Crippen molar-refractivity contribution >= 4 is 12.1 Å². The largest absolute Gasteiger partial charge is 0.459 e. The van der Waals surface area contributed by atoms with Crippen molar-refractivity contribution in [2.45, 2.75) is 20.5 Å². The quantitative estimate of drug-likeness (QED) is 0.681. The lowest BCUT2D eigenvalue weighted by Crippen LogP contribution is -2.16. The fourth-order valence-corrected chi connectivity index (χ4v) is 1.96. The van der Waals surface area contributed by atoms with Crippen LogP contribution < -0.4 is 10.2 Å². The SMILES string of the molecule is Cc1cc(/C=N\NC(=O)c2ccco2)cc(C)c1OC(F)F. The number of ether oxygens (including phenoxy) is 1. The third-order valence-corrected chi connectivity index (χ3v) is 2.81. The number of furan rings is 1. The topological polar surface area (TPSA) is 63.8 Å². The van der Waals surface area contributed by atoms with Crippen LogP contribution in [-0.4, -0.2) is 18.7 Å². The Morgan fingerprint density at radius 1 is 1.36 bits per heavy atom. The highest BCUT2D eigenvalue weighted by Crippen LogP contribution is 2.25. The maximum Gasteiger partial charge on any atom is 0.387 e. The number of carbonyl (C=O) groups is 1. The van der Waals surface area contributed by atoms with Crippen LogP contribution in [0.15, 0.2) is 40.0 Å². The van der Waals surface area contributed by atoms with Crippen molar-refractivity contribution in [1.29, 1.82) is 0 Å². The molecular weight excluding hydrogens is 294 g/mol. The molecule has 1 N–H and O–H groups in total. The highest BCUT2D eigenvalue weighted by atomic mass is 19.3. The third-order valence-electron chi connectivity index (χ3n) is 2.81. The van der Waals surface area contributed by atoms with Crippen molar-refractivity contribution < 1.29 is 22.7 Å². The summed E-state index contributed by atoms with van der Waals surface area (Å²) in [5.41, 5.74) is 4.06. The van der Waals surface area contributed by atoms with Crippen LogP contribution in [-0.2, 0) is 0 Å². The van der Waals surface area contributed by atoms with Crippen LogP contribution in [0.3, 0.4) is 0 Å². The summed E-state index contributed by atoms with van der Waals surface area (Å²) in [7, 11) is 0. The summed E-state index contributed by atoms with van der Waals surface area (Å²) < 4.78 is 34.0. The number of benzene rings is 1. The normalized spacial score (nSPS) is 11.1. The fraction of sp³-hybridized carbons (Fsp3) is 0.200. The molecule has 22 heavy (non-hydrogen) atoms. The van der Waals surface area contributed by atoms with E-state index in [1.165, 1.54) is 18.5 Å². The summed E-state index contributed by atoms with van der Waals surface area (Å²) in [6.45, 7) is 0.442. The van der Waals surface area contributed by atoms with E-state index in [2.05, 4.69) is 15.3 Å². The first-order valence-corrected chi connectivity index (χ1v) is 6.40. The fourth-order valence-electron chi connectivity index (χ4n) is 1.96. The highest BCUT2D eigenvalue weighted by Gasteiger charge is 2.11. The van der Waals surface area contributed by atoms with E-state index in [1.54, 1.807) is 32.0 Å². The molecule has 0 saturated carbocycles. The van der Waals surface area contributed by atoms with Gasteiger partial charge in [0.25, 0.3) is 0 Å². The number of carbonyl (C=O) groups excluding carboxylic acids is 1. The van der Waals surface area contributed by atoms with Crippen molar-refractivity contribution in [3.63, 3.8) is 0 Å². The van der Waals surface area contributed by atoms with Gasteiger partial charge in [-0.05, 0) is 54.8 Å². The molecule has 5 nitrogen and oxygen atoms in total. The first-order chi connectivity index (χ1) is 10.5. The molecule has 1 aromatic carbocycles. The van der Waals surface area contributed by atoms with Crippen LogP contribution in [0.2, 0.25) is 0 Å². The summed E-state index contributed by atoms with van der Waals surface area (Å²) in [5, 5.41) is 3.80. The lowest BCUT2D eigenvalue weighted by atomic mass is 10.1. The predicted molar refractivity (Wildman–Crippen MR) is 76.3 cm³/mol. The van der Waals surface area contributed by atoms with Crippen molar-refractivity contribution in [3.05, 3.63) is 53.0 Å². The number of nitrogens with zero attached hydrogens (tertiary/aromatic N) is 1. The average molecular weight is 308 g/mol. The number of nitrogens with one attached hydrogen (secondary N) is 1. The summed E-state index contributed by atoms with van der Waals surface area (Å²) in [5.74, 6) is -0.190. The van der Waals surface area contributed by atoms with E-state index in [1.807, 2.05) is 0 Å². The number of hydrogen-bond acceptors (Lipinski definition) is 4. The second-order valence-electron chi connectivity index (χ2n) is 4.54. The lowest BCUT2D eigenvalue weighted by Gasteiger charge is -2.11. The van der Waals surface area contributed by atoms with Gasteiger partial charge in [0.1, 0.15) is 5.75 Å². The predicted octanol–water partition coefficient (Wildman–Crippen LogP) is 3.26. The minimum atomic E-state index is -2.87. The van der Waals surface area contributed by atoms with Crippen molar-refractivity contribution in [3.8, 4) is 5.75 Å². The Morgan fingerprint density at radius 2 is 2.05 bits per heavy atom. The van der Waals surface area contributed by atoms with Gasteiger partial charge in [0.2, 0.25) is 0 Å². The maximum atomic E-state index is 12.3. The smallest absolute Gasteiger partial charge is 0.387 e. The lowest BCUT2D eigenvalue weighted by molar-refractivity contribution is -0.0507. The number of halogens is 2. The van der Waals surface area contributed by atoms with Crippen molar-refractivity contribution in [2.75, 3.05) is 0 Å². The van der Waals surface area contributed by atoms with E-state index in [0.29, 0.717) is 16.7 Å². The second-order valence-corrected chi connectivity index (χ2v) is 4.54. The molecule has 2 rings (SSSR count). The Morgan fingerprint density at radius 3 is 2.59 bits per heavy atom. The molecule has 0 aliphatic rings. The van der Waals surface area contributed by atoms with Crippen LogP contribution in [0.5, 0.6) is 5.75 Å². The molecule has 0 aliphatic carbocycles. The molecule has 0 fully saturated rings. The average Bonchev–Trinajstić information content (AvgIpc) is 2.97. The van der Waals surface area contributed by atoms with Gasteiger partial charge >= 0.3 is 12.5 Å². The molecule has 0 spiro atoms. The third kappa shape index (κ3) is 3.91. The van der Waals surface area contributed by atoms with Gasteiger partial charge < -0.3 is 9.15 Å². The molecule has 0 atom stereocenters. The Labute approximate surface area is 125 Å². The number of hydrogen-bond donors (Lipinski definition) is 1. The van der Waals surface area contributed by atoms with Gasteiger partial charge in [-0.1, -0.05) is 0 Å². The Hall–Kier alpha value is -2.70. The van der Waals surface area contributed by atoms with Crippen LogP contribution in [0.4, 0.5) is 8.78 Å². The zero-order valence-electron chi connectivity index (χ0n) is 12.0. The standard InChI is InChI=1S/C15H14F2N2O3/c1-9-6-11(7-10(2)13(9)22-15(16)17)8-18-19-14(20)12-4-3-5-21-12/h3-8,15H,1-2H3,(H,19,20)/b18-8-. The second kappa shape index (κ2) is 6.84. The molecule has 1 heterocycles. The highest BCUT2D eigenvalue weighted by molar-refractivity contribution is 5.92. The number of alkyl halides is 2. The Balaban J connectivity index is 2.07. The molecule has 0 aliphatic heterocycles. The van der Waals surface area contributed by atoms with Gasteiger partial charge in [0, 0.05) is 0 Å². The summed E-state index contributed by atoms with van der Waals surface area (Å²) >= 11 is 0. The van der Waals surface area contributed by atoms with Crippen LogP contribution >= 0.6 is 0 Å². The first kappa shape index (κ1) is 15.7. The van der Waals surface area contributed by atoms with Crippen LogP contribution in [0.1, 0.15) is 27.2 Å². The van der Waals surface area contributed by atoms with Crippen LogP contribution in [0.25, 0.3) is 0 Å². The van der Waals surface area contributed by atoms with E-state index >= 15 is 0 Å². The number of aryl methyl sites for hydroxylation is 2. The van der Waals surface area contributed by atoms with Crippen molar-refractivity contribution in [2.24, 2.45) is 5.10 Å². The molecule has 116 valence electrons. The van der Waals surface area contributed by atoms with E-state index in [9.17, 15) is 13.6 Å². The number of amides is 1. The molecule has 0 radical (unpaired) electrons.